The van der Waals surface area contributed by atoms with E-state index in [1.54, 1.807) is 0 Å². The van der Waals surface area contributed by atoms with Gasteiger partial charge in [0.05, 0.1) is 11.6 Å². The molecule has 1 saturated heterocycles. The number of aryl methyl sites for hydroxylation is 2. The van der Waals surface area contributed by atoms with Crippen LogP contribution in [0.15, 0.2) is 30.5 Å². The lowest BCUT2D eigenvalue weighted by molar-refractivity contribution is -0.130. The first-order valence-corrected chi connectivity index (χ1v) is 8.43. The number of ether oxygens (including phenoxy) is 1. The van der Waals surface area contributed by atoms with Gasteiger partial charge in [0, 0.05) is 38.1 Å². The van der Waals surface area contributed by atoms with Gasteiger partial charge < -0.3 is 10.1 Å². The minimum Gasteiger partial charge on any atom is -0.381 e. The molecule has 2 heterocycles. The van der Waals surface area contributed by atoms with Crippen LogP contribution in [0.25, 0.3) is 0 Å². The molecule has 0 bridgehead atoms. The summed E-state index contributed by atoms with van der Waals surface area (Å²) in [6.45, 7) is 5.82. The molecule has 1 aromatic heterocycles. The van der Waals surface area contributed by atoms with Gasteiger partial charge in [-0.15, -0.1) is 0 Å². The van der Waals surface area contributed by atoms with Crippen molar-refractivity contribution in [3.8, 4) is 0 Å². The molecule has 0 radical (unpaired) electrons. The maximum Gasteiger partial charge on any atom is 0.231 e. The number of carbonyl (C=O) groups excluding carboxylic acids is 1. The molecular formula is C19H25N3O2. The Morgan fingerprint density at radius 2 is 1.92 bits per heavy atom. The van der Waals surface area contributed by atoms with Crippen molar-refractivity contribution in [3.05, 3.63) is 52.8 Å². The Balaban J connectivity index is 1.81. The van der Waals surface area contributed by atoms with E-state index >= 15 is 0 Å². The molecule has 5 heteroatoms. The Hall–Kier alpha value is -2.14. The topological polar surface area (TPSA) is 56.2 Å². The smallest absolute Gasteiger partial charge is 0.231 e. The zero-order valence-electron chi connectivity index (χ0n) is 14.6. The van der Waals surface area contributed by atoms with E-state index in [9.17, 15) is 4.79 Å². The molecule has 0 unspecified atom stereocenters. The van der Waals surface area contributed by atoms with Gasteiger partial charge >= 0.3 is 0 Å². The molecule has 0 saturated carbocycles. The molecule has 1 aliphatic heterocycles. The van der Waals surface area contributed by atoms with E-state index in [-0.39, 0.29) is 5.91 Å². The molecule has 2 aromatic rings. The summed E-state index contributed by atoms with van der Waals surface area (Å²) in [6.07, 6.45) is 3.25. The fraction of sp³-hybridized carbons (Fsp3) is 0.474. The van der Waals surface area contributed by atoms with Crippen molar-refractivity contribution in [1.29, 1.82) is 0 Å². The lowest BCUT2D eigenvalue weighted by atomic mass is 9.73. The van der Waals surface area contributed by atoms with E-state index in [1.165, 1.54) is 5.56 Å². The standard InChI is InChI=1S/C19H25N3O2/c1-14-4-6-17(7-5-14)19(8-10-24-11-9-19)18(23)20-12-16-13-21-22(3)15(16)2/h4-7,13H,8-12H2,1-3H3,(H,20,23). The summed E-state index contributed by atoms with van der Waals surface area (Å²) in [6, 6.07) is 8.31. The van der Waals surface area contributed by atoms with Gasteiger partial charge in [-0.25, -0.2) is 0 Å². The SMILES string of the molecule is Cc1ccc(C2(C(=O)NCc3cnn(C)c3C)CCOCC2)cc1. The molecule has 128 valence electrons. The molecule has 1 aliphatic rings. The molecule has 5 nitrogen and oxygen atoms in total. The van der Waals surface area contributed by atoms with Crippen molar-refractivity contribution in [2.24, 2.45) is 7.05 Å². The van der Waals surface area contributed by atoms with Gasteiger partial charge in [-0.05, 0) is 32.3 Å². The van der Waals surface area contributed by atoms with Crippen LogP contribution in [-0.4, -0.2) is 28.9 Å². The van der Waals surface area contributed by atoms with E-state index < -0.39 is 5.41 Å². The van der Waals surface area contributed by atoms with E-state index in [2.05, 4.69) is 41.6 Å². The fourth-order valence-corrected chi connectivity index (χ4v) is 3.30. The number of amides is 1. The molecule has 1 fully saturated rings. The summed E-state index contributed by atoms with van der Waals surface area (Å²) >= 11 is 0. The molecule has 0 atom stereocenters. The Morgan fingerprint density at radius 3 is 2.50 bits per heavy atom. The summed E-state index contributed by atoms with van der Waals surface area (Å²) in [5.74, 6) is 0.0814. The van der Waals surface area contributed by atoms with Crippen LogP contribution in [0.3, 0.4) is 0 Å². The van der Waals surface area contributed by atoms with Crippen molar-refractivity contribution in [2.75, 3.05) is 13.2 Å². The van der Waals surface area contributed by atoms with Crippen molar-refractivity contribution < 1.29 is 9.53 Å². The molecule has 3 rings (SSSR count). The van der Waals surface area contributed by atoms with E-state index in [1.807, 2.05) is 24.9 Å². The predicted octanol–water partition coefficient (Wildman–Crippen LogP) is 2.40. The maximum absolute atomic E-state index is 13.1. The van der Waals surface area contributed by atoms with Crippen LogP contribution >= 0.6 is 0 Å². The first-order valence-electron chi connectivity index (χ1n) is 8.43. The summed E-state index contributed by atoms with van der Waals surface area (Å²) in [5, 5.41) is 7.37. The highest BCUT2D eigenvalue weighted by Crippen LogP contribution is 2.35. The highest BCUT2D eigenvalue weighted by Gasteiger charge is 2.41. The molecular weight excluding hydrogens is 302 g/mol. The van der Waals surface area contributed by atoms with Crippen molar-refractivity contribution in [1.82, 2.24) is 15.1 Å². The second-order valence-corrected chi connectivity index (χ2v) is 6.62. The molecule has 1 amide bonds. The predicted molar refractivity (Wildman–Crippen MR) is 92.7 cm³/mol. The minimum absolute atomic E-state index is 0.0814. The van der Waals surface area contributed by atoms with Crippen LogP contribution in [0.1, 0.15) is 35.2 Å². The molecule has 24 heavy (non-hydrogen) atoms. The Morgan fingerprint density at radius 1 is 1.25 bits per heavy atom. The first-order chi connectivity index (χ1) is 11.5. The average molecular weight is 327 g/mol. The lowest BCUT2D eigenvalue weighted by Gasteiger charge is -2.36. The van der Waals surface area contributed by atoms with E-state index in [4.69, 9.17) is 4.74 Å². The number of hydrogen-bond donors (Lipinski definition) is 1. The first kappa shape index (κ1) is 16.7. The number of benzene rings is 1. The third-order valence-corrected chi connectivity index (χ3v) is 5.16. The van der Waals surface area contributed by atoms with Crippen molar-refractivity contribution >= 4 is 5.91 Å². The van der Waals surface area contributed by atoms with Gasteiger partial charge in [0.2, 0.25) is 5.91 Å². The second kappa shape index (κ2) is 6.77. The Kier molecular flexibility index (Phi) is 4.71. The van der Waals surface area contributed by atoms with Crippen molar-refractivity contribution in [3.63, 3.8) is 0 Å². The van der Waals surface area contributed by atoms with Gasteiger partial charge in [0.1, 0.15) is 0 Å². The van der Waals surface area contributed by atoms with Gasteiger partial charge in [0.15, 0.2) is 0 Å². The largest absolute Gasteiger partial charge is 0.381 e. The van der Waals surface area contributed by atoms with Gasteiger partial charge in [-0.1, -0.05) is 29.8 Å². The van der Waals surface area contributed by atoms with Gasteiger partial charge in [-0.3, -0.25) is 9.48 Å². The fourth-order valence-electron chi connectivity index (χ4n) is 3.30. The summed E-state index contributed by atoms with van der Waals surface area (Å²) in [5.41, 5.74) is 3.91. The second-order valence-electron chi connectivity index (χ2n) is 6.62. The van der Waals surface area contributed by atoms with Crippen LogP contribution in [0.2, 0.25) is 0 Å². The lowest BCUT2D eigenvalue weighted by Crippen LogP contribution is -2.47. The maximum atomic E-state index is 13.1. The third-order valence-electron chi connectivity index (χ3n) is 5.16. The zero-order valence-corrected chi connectivity index (χ0v) is 14.6. The Bertz CT molecular complexity index is 713. The van der Waals surface area contributed by atoms with Crippen LogP contribution in [0.4, 0.5) is 0 Å². The summed E-state index contributed by atoms with van der Waals surface area (Å²) in [7, 11) is 1.91. The number of carbonyl (C=O) groups is 1. The number of aromatic nitrogens is 2. The number of nitrogens with one attached hydrogen (secondary N) is 1. The highest BCUT2D eigenvalue weighted by molar-refractivity contribution is 5.88. The third kappa shape index (κ3) is 3.08. The molecule has 1 aromatic carbocycles. The summed E-state index contributed by atoms with van der Waals surface area (Å²) in [4.78, 5) is 13.1. The van der Waals surface area contributed by atoms with Crippen molar-refractivity contribution in [2.45, 2.75) is 38.6 Å². The normalized spacial score (nSPS) is 16.8. The minimum atomic E-state index is -0.498. The van der Waals surface area contributed by atoms with Gasteiger partial charge in [-0.2, -0.15) is 5.10 Å². The van der Waals surface area contributed by atoms with Crippen LogP contribution in [-0.2, 0) is 28.5 Å². The average Bonchev–Trinajstić information content (AvgIpc) is 2.92. The molecule has 1 N–H and O–H groups in total. The Labute approximate surface area is 143 Å². The van der Waals surface area contributed by atoms with E-state index in [0.717, 1.165) is 16.8 Å². The zero-order chi connectivity index (χ0) is 17.2. The van der Waals surface area contributed by atoms with Crippen LogP contribution in [0.5, 0.6) is 0 Å². The quantitative estimate of drug-likeness (QED) is 0.938. The monoisotopic (exact) mass is 327 g/mol. The number of nitrogens with zero attached hydrogens (tertiary/aromatic N) is 2. The summed E-state index contributed by atoms with van der Waals surface area (Å²) < 4.78 is 7.34. The molecule has 0 spiro atoms. The highest BCUT2D eigenvalue weighted by atomic mass is 16.5. The molecule has 0 aliphatic carbocycles. The number of hydrogen-bond acceptors (Lipinski definition) is 3. The number of rotatable bonds is 4. The van der Waals surface area contributed by atoms with Crippen LogP contribution < -0.4 is 5.32 Å². The van der Waals surface area contributed by atoms with E-state index in [0.29, 0.717) is 32.6 Å². The van der Waals surface area contributed by atoms with Crippen LogP contribution in [0, 0.1) is 13.8 Å². The van der Waals surface area contributed by atoms with Gasteiger partial charge in [0.25, 0.3) is 0 Å².